The van der Waals surface area contributed by atoms with E-state index < -0.39 is 10.6 Å². The monoisotopic (exact) mass is 338 g/mol. The third-order valence-corrected chi connectivity index (χ3v) is 3.87. The van der Waals surface area contributed by atoms with Crippen molar-refractivity contribution in [3.05, 3.63) is 72.9 Å². The molecule has 0 aliphatic heterocycles. The lowest BCUT2D eigenvalue weighted by atomic mass is 10.2. The lowest BCUT2D eigenvalue weighted by Gasteiger charge is -2.05. The summed E-state index contributed by atoms with van der Waals surface area (Å²) in [6, 6.07) is 7.63. The van der Waals surface area contributed by atoms with Crippen LogP contribution >= 0.6 is 23.2 Å². The fourth-order valence-corrected chi connectivity index (χ4v) is 2.43. The Hall–Kier alpha value is -2.38. The van der Waals surface area contributed by atoms with E-state index in [-0.39, 0.29) is 18.0 Å². The summed E-state index contributed by atoms with van der Waals surface area (Å²) in [6.07, 6.45) is 1.34. The highest BCUT2D eigenvalue weighted by atomic mass is 35.5. The van der Waals surface area contributed by atoms with Crippen molar-refractivity contribution in [1.29, 1.82) is 0 Å². The molecule has 1 aromatic carbocycles. The first-order chi connectivity index (χ1) is 10.5. The Morgan fingerprint density at radius 2 is 1.95 bits per heavy atom. The summed E-state index contributed by atoms with van der Waals surface area (Å²) in [7, 11) is 0. The van der Waals surface area contributed by atoms with Gasteiger partial charge in [0.2, 0.25) is 5.65 Å². The molecule has 112 valence electrons. The molecular weight excluding hydrogens is 331 g/mol. The highest BCUT2D eigenvalue weighted by Gasteiger charge is 2.18. The molecule has 9 heteroatoms. The van der Waals surface area contributed by atoms with Crippen LogP contribution in [0.3, 0.4) is 0 Å². The molecule has 0 atom stereocenters. The van der Waals surface area contributed by atoms with Crippen LogP contribution in [-0.2, 0) is 6.54 Å². The van der Waals surface area contributed by atoms with E-state index in [4.69, 9.17) is 23.2 Å². The van der Waals surface area contributed by atoms with Crippen molar-refractivity contribution in [2.45, 2.75) is 6.54 Å². The minimum absolute atomic E-state index is 0.175. The molecule has 2 aromatic heterocycles. The first kappa shape index (κ1) is 14.6. The third-order valence-electron chi connectivity index (χ3n) is 3.13. The van der Waals surface area contributed by atoms with Crippen molar-refractivity contribution < 1.29 is 4.92 Å². The van der Waals surface area contributed by atoms with Crippen molar-refractivity contribution in [3.63, 3.8) is 0 Å². The average molecular weight is 339 g/mol. The predicted molar refractivity (Wildman–Crippen MR) is 81.7 cm³/mol. The molecule has 2 heterocycles. The smallest absolute Gasteiger partial charge is 0.358 e. The van der Waals surface area contributed by atoms with Crippen molar-refractivity contribution in [1.82, 2.24) is 14.0 Å². The van der Waals surface area contributed by atoms with Crippen molar-refractivity contribution in [2.75, 3.05) is 0 Å². The lowest BCUT2D eigenvalue weighted by molar-refractivity contribution is -0.390. The molecule has 3 aromatic rings. The minimum atomic E-state index is -0.625. The number of hydrogen-bond donors (Lipinski definition) is 0. The highest BCUT2D eigenvalue weighted by molar-refractivity contribution is 6.42. The van der Waals surface area contributed by atoms with Crippen molar-refractivity contribution in [2.24, 2.45) is 0 Å². The zero-order valence-electron chi connectivity index (χ0n) is 10.9. The second-order valence-corrected chi connectivity index (χ2v) is 5.36. The van der Waals surface area contributed by atoms with Gasteiger partial charge in [-0.3, -0.25) is 4.57 Å². The Labute approximate surface area is 133 Å². The first-order valence-corrected chi connectivity index (χ1v) is 6.88. The number of benzene rings is 1. The van der Waals surface area contributed by atoms with E-state index >= 15 is 0 Å². The standard InChI is InChI=1S/C13H8Cl2N4O3/c14-9-2-1-8(5-10(9)15)6-17-7-16-11-3-4-12(19(21)22)18(11)13(17)20/h1-5,7H,6H2. The number of hydrogen-bond acceptors (Lipinski definition) is 4. The highest BCUT2D eigenvalue weighted by Crippen LogP contribution is 2.22. The second kappa shape index (κ2) is 5.43. The number of rotatable bonds is 3. The van der Waals surface area contributed by atoms with Gasteiger partial charge in [-0.2, -0.15) is 4.98 Å². The normalized spacial score (nSPS) is 11.0. The summed E-state index contributed by atoms with van der Waals surface area (Å²) in [5, 5.41) is 11.7. The Bertz CT molecular complexity index is 948. The summed E-state index contributed by atoms with van der Waals surface area (Å²) in [4.78, 5) is 26.8. The number of aromatic nitrogens is 3. The van der Waals surface area contributed by atoms with Crippen molar-refractivity contribution >= 4 is 34.7 Å². The summed E-state index contributed by atoms with van der Waals surface area (Å²) < 4.78 is 2.22. The van der Waals surface area contributed by atoms with Crippen LogP contribution < -0.4 is 5.69 Å². The van der Waals surface area contributed by atoms with E-state index in [2.05, 4.69) is 4.98 Å². The molecule has 7 nitrogen and oxygen atoms in total. The largest absolute Gasteiger partial charge is 0.423 e. The quantitative estimate of drug-likeness (QED) is 0.543. The predicted octanol–water partition coefficient (Wildman–Crippen LogP) is 2.76. The first-order valence-electron chi connectivity index (χ1n) is 6.12. The molecule has 0 unspecified atom stereocenters. The molecule has 0 saturated heterocycles. The molecular formula is C13H8Cl2N4O3. The summed E-state index contributed by atoms with van der Waals surface area (Å²) in [5.41, 5.74) is 0.405. The van der Waals surface area contributed by atoms with E-state index in [9.17, 15) is 14.9 Å². The molecule has 0 bridgehead atoms. The van der Waals surface area contributed by atoms with E-state index in [0.29, 0.717) is 10.0 Å². The third kappa shape index (κ3) is 2.44. The second-order valence-electron chi connectivity index (χ2n) is 4.55. The van der Waals surface area contributed by atoms with Gasteiger partial charge in [-0.15, -0.1) is 4.40 Å². The summed E-state index contributed by atoms with van der Waals surface area (Å²) >= 11 is 11.8. The summed E-state index contributed by atoms with van der Waals surface area (Å²) in [6.45, 7) is 0.175. The van der Waals surface area contributed by atoms with Gasteiger partial charge in [0.15, 0.2) is 0 Å². The van der Waals surface area contributed by atoms with Crippen LogP contribution in [0.1, 0.15) is 5.56 Å². The Kier molecular flexibility index (Phi) is 3.59. The molecule has 0 aliphatic carbocycles. The lowest BCUT2D eigenvalue weighted by Crippen LogP contribution is -2.28. The van der Waals surface area contributed by atoms with E-state index in [0.717, 1.165) is 9.96 Å². The molecule has 0 N–H and O–H groups in total. The van der Waals surface area contributed by atoms with E-state index in [1.54, 1.807) is 18.2 Å². The van der Waals surface area contributed by atoms with E-state index in [1.165, 1.54) is 23.0 Å². The molecule has 0 aliphatic rings. The van der Waals surface area contributed by atoms with Crippen molar-refractivity contribution in [3.8, 4) is 0 Å². The maximum Gasteiger partial charge on any atom is 0.423 e. The SMILES string of the molecule is O=c1n(Cc2ccc(Cl)c(Cl)c2)cnc2ccc([N+](=O)[O-])n12. The minimum Gasteiger partial charge on any atom is -0.358 e. The number of halogens is 2. The maximum atomic E-state index is 12.4. The van der Waals surface area contributed by atoms with Crippen LogP contribution in [0.2, 0.25) is 10.0 Å². The molecule has 3 rings (SSSR count). The van der Waals surface area contributed by atoms with Gasteiger partial charge < -0.3 is 10.1 Å². The fourth-order valence-electron chi connectivity index (χ4n) is 2.10. The maximum absolute atomic E-state index is 12.4. The van der Waals surface area contributed by atoms with Gasteiger partial charge in [-0.25, -0.2) is 4.79 Å². The van der Waals surface area contributed by atoms with Gasteiger partial charge in [0.25, 0.3) is 0 Å². The molecule has 22 heavy (non-hydrogen) atoms. The van der Waals surface area contributed by atoms with Crippen LogP contribution in [0.5, 0.6) is 0 Å². The Balaban J connectivity index is 2.09. The van der Waals surface area contributed by atoms with Crippen LogP contribution in [0.4, 0.5) is 5.82 Å². The van der Waals surface area contributed by atoms with Crippen LogP contribution in [0, 0.1) is 10.1 Å². The molecule has 0 spiro atoms. The number of fused-ring (bicyclic) bond motifs is 1. The Morgan fingerprint density at radius 3 is 2.64 bits per heavy atom. The fraction of sp³-hybridized carbons (Fsp3) is 0.0769. The summed E-state index contributed by atoms with van der Waals surface area (Å²) in [5.74, 6) is -0.323. The number of nitrogens with zero attached hydrogens (tertiary/aromatic N) is 4. The Morgan fingerprint density at radius 1 is 1.18 bits per heavy atom. The van der Waals surface area contributed by atoms with Gasteiger partial charge in [0, 0.05) is 12.1 Å². The van der Waals surface area contributed by atoms with Gasteiger partial charge in [-0.05, 0) is 22.6 Å². The average Bonchev–Trinajstić information content (AvgIpc) is 2.91. The molecule has 0 amide bonds. The van der Waals surface area contributed by atoms with Gasteiger partial charge in [0.1, 0.15) is 6.33 Å². The van der Waals surface area contributed by atoms with Gasteiger partial charge >= 0.3 is 11.5 Å². The van der Waals surface area contributed by atoms with E-state index in [1.807, 2.05) is 0 Å². The molecule has 0 saturated carbocycles. The zero-order chi connectivity index (χ0) is 15.9. The van der Waals surface area contributed by atoms with Crippen LogP contribution in [0.15, 0.2) is 41.5 Å². The molecule has 0 fully saturated rings. The van der Waals surface area contributed by atoms with Gasteiger partial charge in [0.05, 0.1) is 16.6 Å². The van der Waals surface area contributed by atoms with Gasteiger partial charge in [-0.1, -0.05) is 29.3 Å². The number of nitro groups is 1. The topological polar surface area (TPSA) is 82.4 Å². The zero-order valence-corrected chi connectivity index (χ0v) is 12.5. The van der Waals surface area contributed by atoms with Crippen LogP contribution in [-0.4, -0.2) is 18.9 Å². The van der Waals surface area contributed by atoms with Crippen LogP contribution in [0.25, 0.3) is 5.65 Å². The molecule has 0 radical (unpaired) electrons.